The van der Waals surface area contributed by atoms with Crippen molar-refractivity contribution in [3.63, 3.8) is 0 Å². The van der Waals surface area contributed by atoms with E-state index >= 15 is 0 Å². The Morgan fingerprint density at radius 2 is 1.91 bits per heavy atom. The number of hydrogen-bond donors (Lipinski definition) is 1. The van der Waals surface area contributed by atoms with Crippen LogP contribution in [0.2, 0.25) is 0 Å². The zero-order valence-electron chi connectivity index (χ0n) is 12.6. The smallest absolute Gasteiger partial charge is 0.339 e. The third kappa shape index (κ3) is 3.29. The van der Waals surface area contributed by atoms with Crippen LogP contribution >= 0.6 is 15.9 Å². The Labute approximate surface area is 143 Å². The molecule has 0 saturated heterocycles. The molecule has 0 radical (unpaired) electrons. The summed E-state index contributed by atoms with van der Waals surface area (Å²) in [6, 6.07) is 14.7. The van der Waals surface area contributed by atoms with Gasteiger partial charge in [0.05, 0.1) is 11.6 Å². The Hall–Kier alpha value is -2.14. The van der Waals surface area contributed by atoms with E-state index in [1.54, 1.807) is 12.1 Å². The van der Waals surface area contributed by atoms with Crippen molar-refractivity contribution in [1.29, 1.82) is 0 Å². The Balaban J connectivity index is 1.72. The predicted octanol–water partition coefficient (Wildman–Crippen LogP) is 3.41. The van der Waals surface area contributed by atoms with Crippen molar-refractivity contribution in [3.05, 3.63) is 69.7 Å². The SMILES string of the molecule is CC(NC(=O)C1Cc2ccccc2C(=O)O1)c1ccccc1Br. The van der Waals surface area contributed by atoms with Gasteiger partial charge in [-0.3, -0.25) is 4.79 Å². The Morgan fingerprint density at radius 3 is 2.70 bits per heavy atom. The zero-order valence-corrected chi connectivity index (χ0v) is 14.2. The van der Waals surface area contributed by atoms with Crippen molar-refractivity contribution in [2.75, 3.05) is 0 Å². The van der Waals surface area contributed by atoms with Gasteiger partial charge in [0.15, 0.2) is 6.10 Å². The van der Waals surface area contributed by atoms with Gasteiger partial charge in [0.1, 0.15) is 0 Å². The van der Waals surface area contributed by atoms with Gasteiger partial charge in [0.2, 0.25) is 0 Å². The fourth-order valence-electron chi connectivity index (χ4n) is 2.69. The van der Waals surface area contributed by atoms with Gasteiger partial charge in [-0.1, -0.05) is 52.3 Å². The van der Waals surface area contributed by atoms with Crippen LogP contribution in [0.15, 0.2) is 53.0 Å². The molecule has 0 aliphatic carbocycles. The second-order valence-electron chi connectivity index (χ2n) is 5.51. The van der Waals surface area contributed by atoms with Crippen LogP contribution in [0, 0.1) is 0 Å². The summed E-state index contributed by atoms with van der Waals surface area (Å²) in [7, 11) is 0. The van der Waals surface area contributed by atoms with Crippen LogP contribution < -0.4 is 5.32 Å². The second kappa shape index (κ2) is 6.54. The zero-order chi connectivity index (χ0) is 16.4. The number of rotatable bonds is 3. The van der Waals surface area contributed by atoms with E-state index in [1.807, 2.05) is 43.3 Å². The number of halogens is 1. The largest absolute Gasteiger partial charge is 0.448 e. The fourth-order valence-corrected chi connectivity index (χ4v) is 3.32. The predicted molar refractivity (Wildman–Crippen MR) is 90.0 cm³/mol. The van der Waals surface area contributed by atoms with Gasteiger partial charge in [0.25, 0.3) is 5.91 Å². The van der Waals surface area contributed by atoms with Crippen LogP contribution in [-0.4, -0.2) is 18.0 Å². The standard InChI is InChI=1S/C18H16BrNO3/c1-11(13-7-4-5-9-15(13)19)20-17(21)16-10-12-6-2-3-8-14(12)18(22)23-16/h2-9,11,16H,10H2,1H3,(H,20,21). The molecule has 5 heteroatoms. The number of esters is 1. The number of nitrogens with one attached hydrogen (secondary N) is 1. The average molecular weight is 374 g/mol. The molecule has 0 saturated carbocycles. The molecular weight excluding hydrogens is 358 g/mol. The number of amides is 1. The summed E-state index contributed by atoms with van der Waals surface area (Å²) in [4.78, 5) is 24.4. The number of cyclic esters (lactones) is 1. The van der Waals surface area contributed by atoms with Crippen molar-refractivity contribution in [2.45, 2.75) is 25.5 Å². The topological polar surface area (TPSA) is 55.4 Å². The first-order chi connectivity index (χ1) is 11.1. The molecule has 1 aliphatic rings. The summed E-state index contributed by atoms with van der Waals surface area (Å²) in [6.45, 7) is 1.90. The molecule has 2 aromatic carbocycles. The van der Waals surface area contributed by atoms with Gasteiger partial charge in [-0.25, -0.2) is 4.79 Å². The highest BCUT2D eigenvalue weighted by Gasteiger charge is 2.31. The second-order valence-corrected chi connectivity index (χ2v) is 6.36. The van der Waals surface area contributed by atoms with E-state index in [0.29, 0.717) is 12.0 Å². The number of benzene rings is 2. The van der Waals surface area contributed by atoms with Gasteiger partial charge >= 0.3 is 5.97 Å². The van der Waals surface area contributed by atoms with Crippen molar-refractivity contribution in [3.8, 4) is 0 Å². The number of ether oxygens (including phenoxy) is 1. The first-order valence-corrected chi connectivity index (χ1v) is 8.19. The van der Waals surface area contributed by atoms with Crippen LogP contribution in [0.4, 0.5) is 0 Å². The third-order valence-corrected chi connectivity index (χ3v) is 4.64. The summed E-state index contributed by atoms with van der Waals surface area (Å²) in [5.41, 5.74) is 2.36. The van der Waals surface area contributed by atoms with E-state index in [9.17, 15) is 9.59 Å². The van der Waals surface area contributed by atoms with E-state index < -0.39 is 12.1 Å². The summed E-state index contributed by atoms with van der Waals surface area (Å²) < 4.78 is 6.21. The molecule has 0 fully saturated rings. The van der Waals surface area contributed by atoms with Crippen molar-refractivity contribution in [1.82, 2.24) is 5.32 Å². The third-order valence-electron chi connectivity index (χ3n) is 3.91. The maximum atomic E-state index is 12.4. The summed E-state index contributed by atoms with van der Waals surface area (Å²) in [5, 5.41) is 2.91. The number of hydrogen-bond acceptors (Lipinski definition) is 3. The molecule has 0 bridgehead atoms. The highest BCUT2D eigenvalue weighted by Crippen LogP contribution is 2.24. The number of carbonyl (C=O) groups excluding carboxylic acids is 2. The Morgan fingerprint density at radius 1 is 1.22 bits per heavy atom. The van der Waals surface area contributed by atoms with E-state index in [0.717, 1.165) is 15.6 Å². The molecule has 1 heterocycles. The normalized spacial score (nSPS) is 17.8. The lowest BCUT2D eigenvalue weighted by Gasteiger charge is -2.25. The molecule has 0 spiro atoms. The molecular formula is C18H16BrNO3. The fraction of sp³-hybridized carbons (Fsp3) is 0.222. The van der Waals surface area contributed by atoms with Crippen molar-refractivity contribution in [2.24, 2.45) is 0 Å². The van der Waals surface area contributed by atoms with Gasteiger partial charge in [-0.15, -0.1) is 0 Å². The molecule has 1 N–H and O–H groups in total. The lowest BCUT2D eigenvalue weighted by Crippen LogP contribution is -2.42. The van der Waals surface area contributed by atoms with E-state index in [1.165, 1.54) is 0 Å². The summed E-state index contributed by atoms with van der Waals surface area (Å²) in [6.07, 6.45) is -0.390. The summed E-state index contributed by atoms with van der Waals surface area (Å²) >= 11 is 3.48. The molecule has 1 aliphatic heterocycles. The Kier molecular flexibility index (Phi) is 4.48. The quantitative estimate of drug-likeness (QED) is 0.838. The summed E-state index contributed by atoms with van der Waals surface area (Å²) in [5.74, 6) is -0.725. The molecule has 118 valence electrons. The molecule has 0 aromatic heterocycles. The minimum absolute atomic E-state index is 0.186. The van der Waals surface area contributed by atoms with Gasteiger partial charge in [-0.2, -0.15) is 0 Å². The van der Waals surface area contributed by atoms with E-state index in [2.05, 4.69) is 21.2 Å². The lowest BCUT2D eigenvalue weighted by molar-refractivity contribution is -0.131. The maximum absolute atomic E-state index is 12.4. The highest BCUT2D eigenvalue weighted by atomic mass is 79.9. The molecule has 2 unspecified atom stereocenters. The molecule has 4 nitrogen and oxygen atoms in total. The lowest BCUT2D eigenvalue weighted by atomic mass is 9.98. The van der Waals surface area contributed by atoms with Crippen LogP contribution in [0.3, 0.4) is 0 Å². The minimum Gasteiger partial charge on any atom is -0.448 e. The van der Waals surface area contributed by atoms with Crippen molar-refractivity contribution < 1.29 is 14.3 Å². The van der Waals surface area contributed by atoms with Crippen molar-refractivity contribution >= 4 is 27.8 Å². The minimum atomic E-state index is -0.790. The molecule has 2 aromatic rings. The van der Waals surface area contributed by atoms with Gasteiger partial charge in [-0.05, 0) is 30.2 Å². The molecule has 2 atom stereocenters. The molecule has 1 amide bonds. The van der Waals surface area contributed by atoms with Crippen LogP contribution in [-0.2, 0) is 16.0 Å². The maximum Gasteiger partial charge on any atom is 0.339 e. The monoisotopic (exact) mass is 373 g/mol. The first kappa shape index (κ1) is 15.7. The first-order valence-electron chi connectivity index (χ1n) is 7.40. The van der Waals surface area contributed by atoms with Crippen LogP contribution in [0.5, 0.6) is 0 Å². The number of fused-ring (bicyclic) bond motifs is 1. The van der Waals surface area contributed by atoms with Gasteiger partial charge < -0.3 is 10.1 Å². The average Bonchev–Trinajstić information content (AvgIpc) is 2.55. The molecule has 23 heavy (non-hydrogen) atoms. The van der Waals surface area contributed by atoms with Gasteiger partial charge in [0, 0.05) is 10.9 Å². The van der Waals surface area contributed by atoms with E-state index in [-0.39, 0.29) is 11.9 Å². The number of carbonyl (C=O) groups is 2. The van der Waals surface area contributed by atoms with E-state index in [4.69, 9.17) is 4.74 Å². The molecule has 3 rings (SSSR count). The van der Waals surface area contributed by atoms with Crippen LogP contribution in [0.25, 0.3) is 0 Å². The highest BCUT2D eigenvalue weighted by molar-refractivity contribution is 9.10. The van der Waals surface area contributed by atoms with Crippen LogP contribution in [0.1, 0.15) is 34.5 Å². The Bertz CT molecular complexity index is 759.